The average Bonchev–Trinajstić information content (AvgIpc) is 3.02. The zero-order chi connectivity index (χ0) is 16.5. The fourth-order valence-corrected chi connectivity index (χ4v) is 3.25. The second-order valence-corrected chi connectivity index (χ2v) is 6.43. The summed E-state index contributed by atoms with van der Waals surface area (Å²) in [5.74, 6) is 0.875. The molecule has 0 spiro atoms. The van der Waals surface area contributed by atoms with E-state index in [1.54, 1.807) is 0 Å². The van der Waals surface area contributed by atoms with Crippen molar-refractivity contribution in [2.45, 2.75) is 25.8 Å². The van der Waals surface area contributed by atoms with Crippen LogP contribution < -0.4 is 15.5 Å². The van der Waals surface area contributed by atoms with Gasteiger partial charge in [0.25, 0.3) is 0 Å². The van der Waals surface area contributed by atoms with Crippen LogP contribution in [-0.4, -0.2) is 51.9 Å². The van der Waals surface area contributed by atoms with Crippen LogP contribution in [0.15, 0.2) is 33.7 Å². The van der Waals surface area contributed by atoms with Crippen molar-refractivity contribution in [3.63, 3.8) is 0 Å². The Labute approximate surface area is 147 Å². The van der Waals surface area contributed by atoms with E-state index in [1.807, 2.05) is 20.0 Å². The van der Waals surface area contributed by atoms with Crippen molar-refractivity contribution in [3.05, 3.63) is 28.7 Å². The average molecular weight is 383 g/mol. The Morgan fingerprint density at radius 2 is 2.26 bits per heavy atom. The summed E-state index contributed by atoms with van der Waals surface area (Å²) in [6, 6.07) is 8.80. The van der Waals surface area contributed by atoms with E-state index in [-0.39, 0.29) is 0 Å². The molecule has 23 heavy (non-hydrogen) atoms. The van der Waals surface area contributed by atoms with Crippen molar-refractivity contribution < 1.29 is 4.74 Å². The van der Waals surface area contributed by atoms with Crippen LogP contribution in [0.25, 0.3) is 0 Å². The van der Waals surface area contributed by atoms with Crippen LogP contribution in [0.2, 0.25) is 0 Å². The summed E-state index contributed by atoms with van der Waals surface area (Å²) >= 11 is 3.64. The van der Waals surface area contributed by atoms with Crippen LogP contribution in [0.5, 0.6) is 0 Å². The number of hydrogen-bond donors (Lipinski definition) is 2. The number of guanidine groups is 1. The third kappa shape index (κ3) is 5.70. The number of ether oxygens (including phenoxy) is 1. The topological polar surface area (TPSA) is 48.9 Å². The molecule has 0 aliphatic carbocycles. The lowest BCUT2D eigenvalue weighted by atomic mass is 10.2. The minimum atomic E-state index is 0.417. The predicted octanol–water partition coefficient (Wildman–Crippen LogP) is 2.62. The second-order valence-electron chi connectivity index (χ2n) is 5.58. The number of anilines is 1. The fourth-order valence-electron chi connectivity index (χ4n) is 2.72. The van der Waals surface area contributed by atoms with Gasteiger partial charge >= 0.3 is 0 Å². The Kier molecular flexibility index (Phi) is 7.68. The van der Waals surface area contributed by atoms with Crippen LogP contribution in [0.4, 0.5) is 5.69 Å². The molecule has 0 saturated carbocycles. The van der Waals surface area contributed by atoms with E-state index in [9.17, 15) is 0 Å². The third-order valence-corrected chi connectivity index (χ3v) is 4.58. The molecular weight excluding hydrogens is 356 g/mol. The van der Waals surface area contributed by atoms with E-state index in [0.29, 0.717) is 6.04 Å². The smallest absolute Gasteiger partial charge is 0.191 e. The van der Waals surface area contributed by atoms with Crippen LogP contribution in [-0.2, 0) is 4.74 Å². The predicted molar refractivity (Wildman–Crippen MR) is 100 cm³/mol. The van der Waals surface area contributed by atoms with Crippen molar-refractivity contribution in [1.82, 2.24) is 10.6 Å². The molecule has 1 heterocycles. The molecule has 0 bridgehead atoms. The van der Waals surface area contributed by atoms with Crippen molar-refractivity contribution in [2.75, 3.05) is 44.8 Å². The maximum Gasteiger partial charge on any atom is 0.191 e. The summed E-state index contributed by atoms with van der Waals surface area (Å²) in [5.41, 5.74) is 1.26. The maximum atomic E-state index is 5.35. The number of hydrogen-bond acceptors (Lipinski definition) is 3. The van der Waals surface area contributed by atoms with Gasteiger partial charge in [0.2, 0.25) is 0 Å². The first-order chi connectivity index (χ1) is 11.2. The van der Waals surface area contributed by atoms with E-state index in [1.165, 1.54) is 5.69 Å². The van der Waals surface area contributed by atoms with Crippen molar-refractivity contribution >= 4 is 27.6 Å². The molecule has 0 aromatic heterocycles. The minimum Gasteiger partial charge on any atom is -0.382 e. The lowest BCUT2D eigenvalue weighted by molar-refractivity contribution is 0.145. The molecule has 1 unspecified atom stereocenters. The zero-order valence-electron chi connectivity index (χ0n) is 14.0. The maximum absolute atomic E-state index is 5.35. The lowest BCUT2D eigenvalue weighted by Crippen LogP contribution is -2.45. The molecule has 1 aromatic carbocycles. The Bertz CT molecular complexity index is 509. The first kappa shape index (κ1) is 18.1. The molecule has 1 aliphatic heterocycles. The Morgan fingerprint density at radius 1 is 1.43 bits per heavy atom. The van der Waals surface area contributed by atoms with Crippen molar-refractivity contribution in [3.8, 4) is 0 Å². The summed E-state index contributed by atoms with van der Waals surface area (Å²) in [4.78, 5) is 6.72. The largest absolute Gasteiger partial charge is 0.382 e. The number of rotatable bonds is 7. The van der Waals surface area contributed by atoms with Gasteiger partial charge in [0, 0.05) is 50.4 Å². The van der Waals surface area contributed by atoms with E-state index < -0.39 is 0 Å². The van der Waals surface area contributed by atoms with Crippen molar-refractivity contribution in [1.29, 1.82) is 0 Å². The number of aliphatic imine (C=N–C) groups is 1. The van der Waals surface area contributed by atoms with Gasteiger partial charge in [-0.25, -0.2) is 0 Å². The summed E-state index contributed by atoms with van der Waals surface area (Å²) in [5, 5.41) is 6.87. The summed E-state index contributed by atoms with van der Waals surface area (Å²) in [6.07, 6.45) is 2.10. The van der Waals surface area contributed by atoms with Gasteiger partial charge in [-0.15, -0.1) is 0 Å². The first-order valence-electron chi connectivity index (χ1n) is 8.29. The number of para-hydroxylation sites is 1. The van der Waals surface area contributed by atoms with Crippen molar-refractivity contribution in [2.24, 2.45) is 4.99 Å². The number of halogens is 1. The molecule has 1 aromatic rings. The van der Waals surface area contributed by atoms with E-state index >= 15 is 0 Å². The highest BCUT2D eigenvalue weighted by molar-refractivity contribution is 9.10. The standard InChI is InChI=1S/C17H27BrN4O/c1-3-23-12-6-10-20-17(19-2)21-14-9-11-22(13-14)16-8-5-4-7-15(16)18/h4-5,7-8,14H,3,6,9-13H2,1-2H3,(H2,19,20,21). The molecule has 2 rings (SSSR count). The molecule has 128 valence electrons. The van der Waals surface area contributed by atoms with Gasteiger partial charge in [0.15, 0.2) is 5.96 Å². The monoisotopic (exact) mass is 382 g/mol. The summed E-state index contributed by atoms with van der Waals surface area (Å²) < 4.78 is 6.50. The van der Waals surface area contributed by atoms with Gasteiger partial charge in [-0.3, -0.25) is 4.99 Å². The van der Waals surface area contributed by atoms with Gasteiger partial charge in [0.1, 0.15) is 0 Å². The van der Waals surface area contributed by atoms with E-state index in [4.69, 9.17) is 4.74 Å². The second kappa shape index (κ2) is 9.78. The molecule has 6 heteroatoms. The highest BCUT2D eigenvalue weighted by Crippen LogP contribution is 2.28. The Balaban J connectivity index is 1.76. The fraction of sp³-hybridized carbons (Fsp3) is 0.588. The van der Waals surface area contributed by atoms with Gasteiger partial charge in [-0.05, 0) is 47.8 Å². The van der Waals surface area contributed by atoms with Gasteiger partial charge in [-0.2, -0.15) is 0 Å². The number of nitrogens with one attached hydrogen (secondary N) is 2. The Morgan fingerprint density at radius 3 is 3.00 bits per heavy atom. The SMILES string of the molecule is CCOCCCNC(=NC)NC1CCN(c2ccccc2Br)C1. The number of benzene rings is 1. The molecule has 1 aliphatic rings. The third-order valence-electron chi connectivity index (χ3n) is 3.91. The quantitative estimate of drug-likeness (QED) is 0.432. The van der Waals surface area contributed by atoms with Crippen LogP contribution in [0, 0.1) is 0 Å². The van der Waals surface area contributed by atoms with Gasteiger partial charge in [0.05, 0.1) is 5.69 Å². The summed E-state index contributed by atoms with van der Waals surface area (Å²) in [7, 11) is 1.82. The highest BCUT2D eigenvalue weighted by Gasteiger charge is 2.24. The molecule has 5 nitrogen and oxygen atoms in total. The highest BCUT2D eigenvalue weighted by atomic mass is 79.9. The Hall–Kier alpha value is -1.27. The van der Waals surface area contributed by atoms with E-state index in [2.05, 4.69) is 54.7 Å². The van der Waals surface area contributed by atoms with Crippen LogP contribution in [0.1, 0.15) is 19.8 Å². The number of nitrogens with zero attached hydrogens (tertiary/aromatic N) is 2. The lowest BCUT2D eigenvalue weighted by Gasteiger charge is -2.21. The van der Waals surface area contributed by atoms with Crippen LogP contribution >= 0.6 is 15.9 Å². The molecule has 0 radical (unpaired) electrons. The van der Waals surface area contributed by atoms with E-state index in [0.717, 1.165) is 56.1 Å². The van der Waals surface area contributed by atoms with Gasteiger partial charge < -0.3 is 20.3 Å². The molecule has 1 fully saturated rings. The molecular formula is C17H27BrN4O. The molecule has 1 saturated heterocycles. The molecule has 0 amide bonds. The zero-order valence-corrected chi connectivity index (χ0v) is 15.6. The molecule has 2 N–H and O–H groups in total. The normalized spacial score (nSPS) is 18.3. The van der Waals surface area contributed by atoms with Gasteiger partial charge in [-0.1, -0.05) is 12.1 Å². The summed E-state index contributed by atoms with van der Waals surface area (Å²) in [6.45, 7) is 6.51. The first-order valence-corrected chi connectivity index (χ1v) is 9.08. The molecule has 1 atom stereocenters. The van der Waals surface area contributed by atoms with Crippen LogP contribution in [0.3, 0.4) is 0 Å². The minimum absolute atomic E-state index is 0.417.